The minimum absolute atomic E-state index is 0.332. The number of nitrogens with one attached hydrogen (secondary N) is 2. The Labute approximate surface area is 145 Å². The molecule has 1 heterocycles. The molecule has 2 aromatic carbocycles. The van der Waals surface area contributed by atoms with Crippen molar-refractivity contribution < 1.29 is 4.79 Å². The van der Waals surface area contributed by atoms with E-state index in [1.54, 1.807) is 18.2 Å². The Morgan fingerprint density at radius 1 is 1.09 bits per heavy atom. The molecule has 2 amide bonds. The highest BCUT2D eigenvalue weighted by molar-refractivity contribution is 6.44. The zero-order valence-corrected chi connectivity index (χ0v) is 14.2. The zero-order valence-electron chi connectivity index (χ0n) is 12.7. The SMILES string of the molecule is CN1CCc2c(cccc2NC(=O)Nc2cccc(Cl)c2Cl)C1. The largest absolute Gasteiger partial charge is 0.323 e. The molecule has 2 aromatic rings. The summed E-state index contributed by atoms with van der Waals surface area (Å²) in [7, 11) is 2.09. The molecule has 1 aliphatic heterocycles. The smallest absolute Gasteiger partial charge is 0.307 e. The van der Waals surface area contributed by atoms with Gasteiger partial charge in [0.25, 0.3) is 0 Å². The van der Waals surface area contributed by atoms with E-state index in [9.17, 15) is 4.79 Å². The summed E-state index contributed by atoms with van der Waals surface area (Å²) in [4.78, 5) is 14.5. The maximum absolute atomic E-state index is 12.3. The maximum Gasteiger partial charge on any atom is 0.323 e. The molecular formula is C17H17Cl2N3O. The number of benzene rings is 2. The van der Waals surface area contributed by atoms with Crippen LogP contribution in [0.15, 0.2) is 36.4 Å². The monoisotopic (exact) mass is 349 g/mol. The summed E-state index contributed by atoms with van der Waals surface area (Å²) >= 11 is 12.0. The standard InChI is InChI=1S/C17H17Cl2N3O/c1-22-9-8-12-11(10-22)4-2-6-14(12)20-17(23)21-15-7-3-5-13(18)16(15)19/h2-7H,8-10H2,1H3,(H2,20,21,23). The number of carbonyl (C=O) groups is 1. The van der Waals surface area contributed by atoms with Crippen molar-refractivity contribution in [3.05, 3.63) is 57.6 Å². The molecule has 1 aliphatic rings. The average molecular weight is 350 g/mol. The van der Waals surface area contributed by atoms with Crippen LogP contribution in [0.25, 0.3) is 0 Å². The molecule has 3 rings (SSSR count). The van der Waals surface area contributed by atoms with Gasteiger partial charge in [-0.15, -0.1) is 0 Å². The van der Waals surface area contributed by atoms with Gasteiger partial charge < -0.3 is 15.5 Å². The van der Waals surface area contributed by atoms with Crippen molar-refractivity contribution in [1.82, 2.24) is 4.90 Å². The Hall–Kier alpha value is -1.75. The van der Waals surface area contributed by atoms with E-state index >= 15 is 0 Å². The van der Waals surface area contributed by atoms with Crippen LogP contribution in [0.3, 0.4) is 0 Å². The third kappa shape index (κ3) is 3.61. The molecular weight excluding hydrogens is 333 g/mol. The third-order valence-corrected chi connectivity index (χ3v) is 4.72. The van der Waals surface area contributed by atoms with Gasteiger partial charge in [-0.3, -0.25) is 0 Å². The van der Waals surface area contributed by atoms with Crippen molar-refractivity contribution >= 4 is 40.6 Å². The van der Waals surface area contributed by atoms with E-state index in [4.69, 9.17) is 23.2 Å². The van der Waals surface area contributed by atoms with Crippen LogP contribution in [-0.2, 0) is 13.0 Å². The molecule has 0 aromatic heterocycles. The lowest BCUT2D eigenvalue weighted by atomic mass is 9.98. The van der Waals surface area contributed by atoms with Crippen LogP contribution >= 0.6 is 23.2 Å². The summed E-state index contributed by atoms with van der Waals surface area (Å²) in [5, 5.41) is 6.39. The highest BCUT2D eigenvalue weighted by Gasteiger charge is 2.17. The quantitative estimate of drug-likeness (QED) is 0.830. The maximum atomic E-state index is 12.3. The van der Waals surface area contributed by atoms with E-state index < -0.39 is 0 Å². The lowest BCUT2D eigenvalue weighted by Crippen LogP contribution is -2.28. The first-order chi connectivity index (χ1) is 11.0. The van der Waals surface area contributed by atoms with Gasteiger partial charge in [0.1, 0.15) is 0 Å². The Bertz CT molecular complexity index is 749. The molecule has 0 unspecified atom stereocenters. The second-order valence-electron chi connectivity index (χ2n) is 5.61. The van der Waals surface area contributed by atoms with Crippen LogP contribution in [-0.4, -0.2) is 24.5 Å². The summed E-state index contributed by atoms with van der Waals surface area (Å²) in [5.41, 5.74) is 3.77. The third-order valence-electron chi connectivity index (χ3n) is 3.90. The van der Waals surface area contributed by atoms with Crippen LogP contribution in [0.2, 0.25) is 10.0 Å². The summed E-state index contributed by atoms with van der Waals surface area (Å²) < 4.78 is 0. The fourth-order valence-electron chi connectivity index (χ4n) is 2.74. The molecule has 0 bridgehead atoms. The van der Waals surface area contributed by atoms with Gasteiger partial charge in [-0.1, -0.05) is 41.4 Å². The molecule has 0 saturated heterocycles. The number of likely N-dealkylation sites (N-methyl/N-ethyl adjacent to an activating group) is 1. The Balaban J connectivity index is 1.76. The Kier molecular flexibility index (Phi) is 4.76. The molecule has 0 saturated carbocycles. The van der Waals surface area contributed by atoms with Crippen LogP contribution in [0, 0.1) is 0 Å². The normalized spacial score (nSPS) is 14.2. The predicted octanol–water partition coefficient (Wildman–Crippen LogP) is 4.63. The first-order valence-electron chi connectivity index (χ1n) is 7.36. The van der Waals surface area contributed by atoms with Gasteiger partial charge in [0.15, 0.2) is 0 Å². The summed E-state index contributed by atoms with van der Waals surface area (Å²) in [6.45, 7) is 1.88. The number of amides is 2. The number of rotatable bonds is 2. The number of hydrogen-bond acceptors (Lipinski definition) is 2. The summed E-state index contributed by atoms with van der Waals surface area (Å²) in [6, 6.07) is 10.8. The summed E-state index contributed by atoms with van der Waals surface area (Å²) in [5.74, 6) is 0. The molecule has 4 nitrogen and oxygen atoms in total. The number of fused-ring (bicyclic) bond motifs is 1. The predicted molar refractivity (Wildman–Crippen MR) is 95.6 cm³/mol. The Morgan fingerprint density at radius 2 is 1.78 bits per heavy atom. The van der Waals surface area contributed by atoms with Crippen molar-refractivity contribution in [2.24, 2.45) is 0 Å². The second-order valence-corrected chi connectivity index (χ2v) is 6.40. The lowest BCUT2D eigenvalue weighted by Gasteiger charge is -2.26. The zero-order chi connectivity index (χ0) is 16.4. The Morgan fingerprint density at radius 3 is 2.61 bits per heavy atom. The van der Waals surface area contributed by atoms with Gasteiger partial charge >= 0.3 is 6.03 Å². The van der Waals surface area contributed by atoms with E-state index in [-0.39, 0.29) is 6.03 Å². The number of hydrogen-bond donors (Lipinski definition) is 2. The van der Waals surface area contributed by atoms with Crippen molar-refractivity contribution in [3.63, 3.8) is 0 Å². The fourth-order valence-corrected chi connectivity index (χ4v) is 3.09. The number of nitrogens with zero attached hydrogens (tertiary/aromatic N) is 1. The highest BCUT2D eigenvalue weighted by Crippen LogP contribution is 2.30. The molecule has 0 aliphatic carbocycles. The number of urea groups is 1. The first kappa shape index (κ1) is 16.1. The van der Waals surface area contributed by atoms with Gasteiger partial charge in [-0.2, -0.15) is 0 Å². The van der Waals surface area contributed by atoms with Crippen molar-refractivity contribution in [3.8, 4) is 0 Å². The molecule has 23 heavy (non-hydrogen) atoms. The fraction of sp³-hybridized carbons (Fsp3) is 0.235. The van der Waals surface area contributed by atoms with Crippen molar-refractivity contribution in [2.45, 2.75) is 13.0 Å². The molecule has 6 heteroatoms. The van der Waals surface area contributed by atoms with E-state index in [2.05, 4.69) is 28.6 Å². The minimum atomic E-state index is -0.332. The van der Waals surface area contributed by atoms with Gasteiger partial charge in [-0.05, 0) is 42.8 Å². The van der Waals surface area contributed by atoms with E-state index in [1.165, 1.54) is 11.1 Å². The van der Waals surface area contributed by atoms with Gasteiger partial charge in [-0.25, -0.2) is 4.79 Å². The van der Waals surface area contributed by atoms with Gasteiger partial charge in [0.05, 0.1) is 15.7 Å². The van der Waals surface area contributed by atoms with Crippen LogP contribution in [0.5, 0.6) is 0 Å². The van der Waals surface area contributed by atoms with Crippen molar-refractivity contribution in [1.29, 1.82) is 0 Å². The number of halogens is 2. The summed E-state index contributed by atoms with van der Waals surface area (Å²) in [6.07, 6.45) is 0.917. The molecule has 120 valence electrons. The van der Waals surface area contributed by atoms with Crippen LogP contribution in [0.4, 0.5) is 16.2 Å². The average Bonchev–Trinajstić information content (AvgIpc) is 2.52. The van der Waals surface area contributed by atoms with Crippen LogP contribution in [0.1, 0.15) is 11.1 Å². The minimum Gasteiger partial charge on any atom is -0.307 e. The van der Waals surface area contributed by atoms with Crippen molar-refractivity contribution in [2.75, 3.05) is 24.2 Å². The molecule has 2 N–H and O–H groups in total. The van der Waals surface area contributed by atoms with Crippen LogP contribution < -0.4 is 10.6 Å². The van der Waals surface area contributed by atoms with Gasteiger partial charge in [0, 0.05) is 18.8 Å². The topological polar surface area (TPSA) is 44.4 Å². The molecule has 0 spiro atoms. The molecule has 0 fully saturated rings. The highest BCUT2D eigenvalue weighted by atomic mass is 35.5. The second kappa shape index (κ2) is 6.79. The number of anilines is 2. The molecule has 0 radical (unpaired) electrons. The lowest BCUT2D eigenvalue weighted by molar-refractivity contribution is 0.262. The van der Waals surface area contributed by atoms with Gasteiger partial charge in [0.2, 0.25) is 0 Å². The van der Waals surface area contributed by atoms with E-state index in [0.717, 1.165) is 25.2 Å². The van der Waals surface area contributed by atoms with E-state index in [0.29, 0.717) is 15.7 Å². The number of carbonyl (C=O) groups excluding carboxylic acids is 1. The molecule has 0 atom stereocenters. The van der Waals surface area contributed by atoms with E-state index in [1.807, 2.05) is 12.1 Å². The first-order valence-corrected chi connectivity index (χ1v) is 8.11.